The molecular weight excluding hydrogens is 426 g/mol. The van der Waals surface area contributed by atoms with Crippen molar-refractivity contribution in [3.05, 3.63) is 84.4 Å². The molecule has 2 fully saturated rings. The Hall–Kier alpha value is -3.77. The van der Waals surface area contributed by atoms with Gasteiger partial charge in [-0.05, 0) is 31.4 Å². The Kier molecular flexibility index (Phi) is 4.35. The van der Waals surface area contributed by atoms with E-state index in [9.17, 15) is 14.4 Å². The number of fused-ring (bicyclic) bond motifs is 5. The Bertz CT molecular complexity index is 1410. The Balaban J connectivity index is 1.53. The van der Waals surface area contributed by atoms with Crippen LogP contribution in [0, 0.1) is 11.8 Å². The lowest BCUT2D eigenvalue weighted by molar-refractivity contribution is -0.132. The van der Waals surface area contributed by atoms with E-state index in [1.165, 1.54) is 4.90 Å². The number of hydrogen-bond donors (Lipinski definition) is 1. The molecule has 0 unspecified atom stereocenters. The molecular formula is C28H25N3O3. The highest BCUT2D eigenvalue weighted by molar-refractivity contribution is 6.28. The monoisotopic (exact) mass is 451 g/mol. The first kappa shape index (κ1) is 20.8. The molecule has 1 spiro atoms. The molecule has 0 bridgehead atoms. The zero-order valence-corrected chi connectivity index (χ0v) is 19.1. The van der Waals surface area contributed by atoms with Gasteiger partial charge < -0.3 is 4.90 Å². The average Bonchev–Trinajstić information content (AvgIpc) is 3.37. The van der Waals surface area contributed by atoms with Crippen LogP contribution in [-0.2, 0) is 19.9 Å². The number of para-hydroxylation sites is 1. The van der Waals surface area contributed by atoms with Crippen LogP contribution in [0.1, 0.15) is 19.4 Å². The molecule has 6 rings (SSSR count). The summed E-state index contributed by atoms with van der Waals surface area (Å²) < 4.78 is 0. The van der Waals surface area contributed by atoms with Gasteiger partial charge in [0.2, 0.25) is 11.8 Å². The Morgan fingerprint density at radius 1 is 0.941 bits per heavy atom. The lowest BCUT2D eigenvalue weighted by atomic mass is 9.76. The number of anilines is 2. The predicted octanol–water partition coefficient (Wildman–Crippen LogP) is 3.76. The second-order valence-electron chi connectivity index (χ2n) is 9.62. The van der Waals surface area contributed by atoms with Gasteiger partial charge in [-0.2, -0.15) is 0 Å². The summed E-state index contributed by atoms with van der Waals surface area (Å²) in [6.45, 7) is 8.11. The van der Waals surface area contributed by atoms with E-state index < -0.39 is 17.4 Å². The van der Waals surface area contributed by atoms with E-state index in [1.54, 1.807) is 4.90 Å². The van der Waals surface area contributed by atoms with E-state index >= 15 is 0 Å². The number of nitrogens with zero attached hydrogens (tertiary/aromatic N) is 2. The molecule has 3 heterocycles. The van der Waals surface area contributed by atoms with Crippen molar-refractivity contribution in [1.82, 2.24) is 5.32 Å². The predicted molar refractivity (Wildman–Crippen MR) is 131 cm³/mol. The summed E-state index contributed by atoms with van der Waals surface area (Å²) in [5.41, 5.74) is 1.65. The average molecular weight is 452 g/mol. The largest absolute Gasteiger partial charge is 0.306 e. The third kappa shape index (κ3) is 2.51. The van der Waals surface area contributed by atoms with Crippen LogP contribution in [0.15, 0.2) is 78.9 Å². The maximum absolute atomic E-state index is 14.1. The minimum absolute atomic E-state index is 0.197. The summed E-state index contributed by atoms with van der Waals surface area (Å²) in [7, 11) is 0. The van der Waals surface area contributed by atoms with Crippen molar-refractivity contribution in [2.75, 3.05) is 16.3 Å². The van der Waals surface area contributed by atoms with Crippen LogP contribution < -0.4 is 15.1 Å². The molecule has 6 heteroatoms. The number of carbonyl (C=O) groups excluding carboxylic acids is 3. The first-order valence-corrected chi connectivity index (χ1v) is 11.6. The van der Waals surface area contributed by atoms with Crippen LogP contribution in [-0.4, -0.2) is 30.3 Å². The fourth-order valence-corrected chi connectivity index (χ4v) is 6.18. The molecule has 3 aliphatic heterocycles. The van der Waals surface area contributed by atoms with Crippen LogP contribution in [0.2, 0.25) is 0 Å². The van der Waals surface area contributed by atoms with Gasteiger partial charge in [0.1, 0.15) is 5.54 Å². The third-order valence-corrected chi connectivity index (χ3v) is 7.45. The van der Waals surface area contributed by atoms with E-state index in [0.29, 0.717) is 12.2 Å². The summed E-state index contributed by atoms with van der Waals surface area (Å²) in [5, 5.41) is 5.21. The van der Waals surface area contributed by atoms with E-state index in [1.807, 2.05) is 80.6 Å². The maximum Gasteiger partial charge on any atom is 0.253 e. The quantitative estimate of drug-likeness (QED) is 0.486. The van der Waals surface area contributed by atoms with Gasteiger partial charge >= 0.3 is 0 Å². The molecule has 34 heavy (non-hydrogen) atoms. The number of hydrogen-bond acceptors (Lipinski definition) is 4. The highest BCUT2D eigenvalue weighted by Crippen LogP contribution is 2.55. The normalized spacial score (nSPS) is 27.7. The van der Waals surface area contributed by atoms with Gasteiger partial charge in [-0.15, -0.1) is 0 Å². The van der Waals surface area contributed by atoms with Crippen molar-refractivity contribution >= 4 is 39.9 Å². The van der Waals surface area contributed by atoms with Crippen LogP contribution >= 0.6 is 0 Å². The Morgan fingerprint density at radius 2 is 1.62 bits per heavy atom. The van der Waals surface area contributed by atoms with Gasteiger partial charge in [-0.25, -0.2) is 4.90 Å². The lowest BCUT2D eigenvalue weighted by Crippen LogP contribution is -2.55. The molecule has 3 aromatic carbocycles. The summed E-state index contributed by atoms with van der Waals surface area (Å²) in [4.78, 5) is 45.0. The fourth-order valence-electron chi connectivity index (χ4n) is 6.18. The number of amides is 3. The molecule has 170 valence electrons. The van der Waals surface area contributed by atoms with Gasteiger partial charge in [0.25, 0.3) is 5.91 Å². The smallest absolute Gasteiger partial charge is 0.253 e. The Morgan fingerprint density at radius 3 is 2.41 bits per heavy atom. The zero-order chi connectivity index (χ0) is 23.8. The molecule has 3 aliphatic rings. The standard InChI is InChI=1S/C28H25N3O3/c1-16(2)15-30-22-13-7-6-12-20(22)28(27(30)34)24-23(17(3)29-28)25(32)31(26(24)33)21-14-8-10-18-9-4-5-11-19(18)21/h4-14,17,23-24,29H,1,15H2,2-3H3/t17-,23+,24+,28+/m1/s1. The Labute approximate surface area is 197 Å². The maximum atomic E-state index is 14.1. The van der Waals surface area contributed by atoms with E-state index in [0.717, 1.165) is 27.6 Å². The minimum atomic E-state index is -1.28. The van der Waals surface area contributed by atoms with Crippen LogP contribution in [0.4, 0.5) is 11.4 Å². The van der Waals surface area contributed by atoms with E-state index in [4.69, 9.17) is 0 Å². The number of rotatable bonds is 3. The highest BCUT2D eigenvalue weighted by Gasteiger charge is 2.71. The topological polar surface area (TPSA) is 69.7 Å². The molecule has 3 amide bonds. The minimum Gasteiger partial charge on any atom is -0.306 e. The van der Waals surface area contributed by atoms with Gasteiger partial charge in [-0.3, -0.25) is 19.7 Å². The third-order valence-electron chi connectivity index (χ3n) is 7.45. The molecule has 3 aromatic rings. The lowest BCUT2D eigenvalue weighted by Gasteiger charge is -2.30. The van der Waals surface area contributed by atoms with Crippen molar-refractivity contribution in [2.24, 2.45) is 11.8 Å². The van der Waals surface area contributed by atoms with E-state index in [2.05, 4.69) is 11.9 Å². The van der Waals surface area contributed by atoms with E-state index in [-0.39, 0.29) is 23.8 Å². The van der Waals surface area contributed by atoms with Gasteiger partial charge in [-0.1, -0.05) is 66.7 Å². The molecule has 2 saturated heterocycles. The molecule has 0 radical (unpaired) electrons. The molecule has 0 aliphatic carbocycles. The van der Waals surface area contributed by atoms with Crippen molar-refractivity contribution < 1.29 is 14.4 Å². The van der Waals surface area contributed by atoms with Crippen LogP contribution in [0.3, 0.4) is 0 Å². The van der Waals surface area contributed by atoms with Gasteiger partial charge in [0, 0.05) is 29.2 Å². The van der Waals surface area contributed by atoms with Crippen LogP contribution in [0.5, 0.6) is 0 Å². The summed E-state index contributed by atoms with van der Waals surface area (Å²) >= 11 is 0. The second-order valence-corrected chi connectivity index (χ2v) is 9.62. The summed E-state index contributed by atoms with van der Waals surface area (Å²) in [5.74, 6) is -2.24. The number of benzene rings is 3. The van der Waals surface area contributed by atoms with Gasteiger partial charge in [0.15, 0.2) is 0 Å². The van der Waals surface area contributed by atoms with Crippen molar-refractivity contribution in [2.45, 2.75) is 25.4 Å². The van der Waals surface area contributed by atoms with Gasteiger partial charge in [0.05, 0.1) is 17.5 Å². The zero-order valence-electron chi connectivity index (χ0n) is 19.1. The van der Waals surface area contributed by atoms with Crippen molar-refractivity contribution in [1.29, 1.82) is 0 Å². The summed E-state index contributed by atoms with van der Waals surface area (Å²) in [6, 6.07) is 20.5. The number of carbonyl (C=O) groups is 3. The number of nitrogens with one attached hydrogen (secondary N) is 1. The fraction of sp³-hybridized carbons (Fsp3) is 0.250. The first-order chi connectivity index (χ1) is 16.4. The second kappa shape index (κ2) is 7.11. The summed E-state index contributed by atoms with van der Waals surface area (Å²) in [6.07, 6.45) is 0. The van der Waals surface area contributed by atoms with Crippen molar-refractivity contribution in [3.63, 3.8) is 0 Å². The molecule has 4 atom stereocenters. The van der Waals surface area contributed by atoms with Crippen LogP contribution in [0.25, 0.3) is 10.8 Å². The number of imide groups is 1. The molecule has 0 aromatic heterocycles. The molecule has 1 N–H and O–H groups in total. The molecule has 6 nitrogen and oxygen atoms in total. The van der Waals surface area contributed by atoms with Crippen molar-refractivity contribution in [3.8, 4) is 0 Å². The SMILES string of the molecule is C=C(C)CN1C(=O)[C@]2(N[C@H](C)[C@@H]3C(=O)N(c4cccc5ccccc45)C(=O)[C@H]32)c2ccccc21. The molecule has 0 saturated carbocycles. The first-order valence-electron chi connectivity index (χ1n) is 11.6. The highest BCUT2D eigenvalue weighted by atomic mass is 16.2.